The van der Waals surface area contributed by atoms with Gasteiger partial charge in [0.1, 0.15) is 10.7 Å². The summed E-state index contributed by atoms with van der Waals surface area (Å²) < 4.78 is 26.8. The predicted octanol–water partition coefficient (Wildman–Crippen LogP) is 1.49. The molecular formula is C13H21ClN4O2S. The number of hydrogen-bond donors (Lipinski definition) is 1. The molecule has 118 valence electrons. The summed E-state index contributed by atoms with van der Waals surface area (Å²) in [7, 11) is 1.74. The third kappa shape index (κ3) is 3.48. The Kier molecular flexibility index (Phi) is 5.08. The lowest BCUT2D eigenvalue weighted by atomic mass is 10.1. The topological polar surface area (TPSA) is 65.5 Å². The Bertz CT molecular complexity index is 608. The molecule has 1 saturated heterocycles. The minimum atomic E-state index is -3.58. The maximum atomic E-state index is 12.7. The maximum absolute atomic E-state index is 12.7. The molecular weight excluding hydrogens is 312 g/mol. The third-order valence-corrected chi connectivity index (χ3v) is 6.01. The number of piperidine rings is 1. The highest BCUT2D eigenvalue weighted by Crippen LogP contribution is 2.26. The van der Waals surface area contributed by atoms with Crippen LogP contribution in [-0.4, -0.2) is 62.9 Å². The fourth-order valence-electron chi connectivity index (χ4n) is 2.54. The molecule has 1 N–H and O–H groups in total. The number of aromatic nitrogens is 1. The van der Waals surface area contributed by atoms with E-state index in [4.69, 9.17) is 11.6 Å². The summed E-state index contributed by atoms with van der Waals surface area (Å²) in [6, 6.07) is 1.43. The van der Waals surface area contributed by atoms with Gasteiger partial charge in [-0.15, -0.1) is 0 Å². The normalized spacial score (nSPS) is 20.7. The van der Waals surface area contributed by atoms with E-state index in [-0.39, 0.29) is 10.9 Å². The standard InChI is InChI=1S/C13H21ClN4O2S/c1-15-13-12(14)7-11(8-16-13)21(19,20)18(3)10-5-4-6-17(2)9-10/h7-8,10H,4-6,9H2,1-3H3,(H,15,16). The van der Waals surface area contributed by atoms with Gasteiger partial charge in [0, 0.05) is 32.9 Å². The van der Waals surface area contributed by atoms with Gasteiger partial charge in [-0.05, 0) is 32.5 Å². The summed E-state index contributed by atoms with van der Waals surface area (Å²) in [5.74, 6) is 0.468. The van der Waals surface area contributed by atoms with E-state index in [9.17, 15) is 8.42 Å². The predicted molar refractivity (Wildman–Crippen MR) is 84.3 cm³/mol. The Morgan fingerprint density at radius 3 is 2.81 bits per heavy atom. The van der Waals surface area contributed by atoms with Crippen molar-refractivity contribution in [2.75, 3.05) is 39.5 Å². The average Bonchev–Trinajstić information content (AvgIpc) is 2.46. The molecule has 1 aromatic heterocycles. The number of nitrogens with zero attached hydrogens (tertiary/aromatic N) is 3. The zero-order valence-corrected chi connectivity index (χ0v) is 14.1. The Balaban J connectivity index is 2.26. The van der Waals surface area contributed by atoms with Crippen molar-refractivity contribution in [2.24, 2.45) is 0 Å². The number of pyridine rings is 1. The van der Waals surface area contributed by atoms with Crippen LogP contribution in [0.1, 0.15) is 12.8 Å². The Morgan fingerprint density at radius 2 is 2.24 bits per heavy atom. The molecule has 0 saturated carbocycles. The molecule has 0 radical (unpaired) electrons. The molecule has 0 bridgehead atoms. The van der Waals surface area contributed by atoms with E-state index < -0.39 is 10.0 Å². The van der Waals surface area contributed by atoms with E-state index in [1.54, 1.807) is 14.1 Å². The number of likely N-dealkylation sites (N-methyl/N-ethyl adjacent to an activating group) is 2. The first kappa shape index (κ1) is 16.5. The number of anilines is 1. The zero-order chi connectivity index (χ0) is 15.6. The number of halogens is 1. The summed E-state index contributed by atoms with van der Waals surface area (Å²) in [5.41, 5.74) is 0. The average molecular weight is 333 g/mol. The minimum absolute atomic E-state index is 0.0171. The lowest BCUT2D eigenvalue weighted by molar-refractivity contribution is 0.187. The van der Waals surface area contributed by atoms with Crippen molar-refractivity contribution >= 4 is 27.4 Å². The highest BCUT2D eigenvalue weighted by atomic mass is 35.5. The van der Waals surface area contributed by atoms with Crippen LogP contribution in [0.5, 0.6) is 0 Å². The smallest absolute Gasteiger partial charge is 0.244 e. The van der Waals surface area contributed by atoms with E-state index in [2.05, 4.69) is 15.2 Å². The van der Waals surface area contributed by atoms with E-state index >= 15 is 0 Å². The van der Waals surface area contributed by atoms with Gasteiger partial charge in [-0.25, -0.2) is 13.4 Å². The Labute approximate surface area is 131 Å². The van der Waals surface area contributed by atoms with Crippen molar-refractivity contribution in [3.63, 3.8) is 0 Å². The van der Waals surface area contributed by atoms with Gasteiger partial charge in [-0.3, -0.25) is 0 Å². The molecule has 6 nitrogen and oxygen atoms in total. The minimum Gasteiger partial charge on any atom is -0.372 e. The highest BCUT2D eigenvalue weighted by Gasteiger charge is 2.31. The van der Waals surface area contributed by atoms with Crippen LogP contribution < -0.4 is 5.32 Å². The molecule has 0 spiro atoms. The number of nitrogens with one attached hydrogen (secondary N) is 1. The lowest BCUT2D eigenvalue weighted by Crippen LogP contribution is -2.47. The van der Waals surface area contributed by atoms with Crippen LogP contribution >= 0.6 is 11.6 Å². The number of likely N-dealkylation sites (tertiary alicyclic amines) is 1. The molecule has 0 aliphatic carbocycles. The zero-order valence-electron chi connectivity index (χ0n) is 12.5. The molecule has 0 amide bonds. The molecule has 2 heterocycles. The number of sulfonamides is 1. The molecule has 1 aromatic rings. The molecule has 0 aromatic carbocycles. The molecule has 2 rings (SSSR count). The molecule has 1 fully saturated rings. The van der Waals surface area contributed by atoms with Crippen molar-refractivity contribution in [1.82, 2.24) is 14.2 Å². The summed E-state index contributed by atoms with van der Waals surface area (Å²) in [6.45, 7) is 1.75. The quantitative estimate of drug-likeness (QED) is 0.905. The van der Waals surface area contributed by atoms with Crippen LogP contribution in [-0.2, 0) is 10.0 Å². The highest BCUT2D eigenvalue weighted by molar-refractivity contribution is 7.89. The summed E-state index contributed by atoms with van der Waals surface area (Å²) in [5, 5.41) is 3.11. The maximum Gasteiger partial charge on any atom is 0.244 e. The van der Waals surface area contributed by atoms with Crippen molar-refractivity contribution in [1.29, 1.82) is 0 Å². The monoisotopic (exact) mass is 332 g/mol. The SMILES string of the molecule is CNc1ncc(S(=O)(=O)N(C)C2CCCN(C)C2)cc1Cl. The first-order chi connectivity index (χ1) is 9.86. The summed E-state index contributed by atoms with van der Waals surface area (Å²) in [4.78, 5) is 6.32. The first-order valence-electron chi connectivity index (χ1n) is 6.86. The van der Waals surface area contributed by atoms with Crippen LogP contribution in [0.4, 0.5) is 5.82 Å². The van der Waals surface area contributed by atoms with Crippen molar-refractivity contribution in [3.8, 4) is 0 Å². The Hall–Kier alpha value is -0.890. The molecule has 21 heavy (non-hydrogen) atoms. The van der Waals surface area contributed by atoms with Crippen molar-refractivity contribution in [3.05, 3.63) is 17.3 Å². The third-order valence-electron chi connectivity index (χ3n) is 3.84. The van der Waals surface area contributed by atoms with Crippen LogP contribution in [0.25, 0.3) is 0 Å². The van der Waals surface area contributed by atoms with Gasteiger partial charge in [0.05, 0.1) is 5.02 Å². The van der Waals surface area contributed by atoms with Crippen LogP contribution in [0, 0.1) is 0 Å². The first-order valence-corrected chi connectivity index (χ1v) is 8.68. The van der Waals surface area contributed by atoms with Gasteiger partial charge in [0.25, 0.3) is 0 Å². The van der Waals surface area contributed by atoms with Crippen molar-refractivity contribution in [2.45, 2.75) is 23.8 Å². The van der Waals surface area contributed by atoms with E-state index in [0.717, 1.165) is 25.9 Å². The summed E-state index contributed by atoms with van der Waals surface area (Å²) in [6.07, 6.45) is 3.21. The van der Waals surface area contributed by atoms with Gasteiger partial charge in [-0.2, -0.15) is 4.31 Å². The van der Waals surface area contributed by atoms with Gasteiger partial charge in [-0.1, -0.05) is 11.6 Å². The largest absolute Gasteiger partial charge is 0.372 e. The van der Waals surface area contributed by atoms with Gasteiger partial charge in [0.2, 0.25) is 10.0 Å². The fourth-order valence-corrected chi connectivity index (χ4v) is 4.22. The molecule has 8 heteroatoms. The van der Waals surface area contributed by atoms with Crippen LogP contribution in [0.2, 0.25) is 5.02 Å². The van der Waals surface area contributed by atoms with E-state index in [0.29, 0.717) is 10.8 Å². The molecule has 1 aliphatic heterocycles. The van der Waals surface area contributed by atoms with Crippen molar-refractivity contribution < 1.29 is 8.42 Å². The van der Waals surface area contributed by atoms with E-state index in [1.165, 1.54) is 16.6 Å². The molecule has 1 unspecified atom stereocenters. The lowest BCUT2D eigenvalue weighted by Gasteiger charge is -2.35. The van der Waals surface area contributed by atoms with Gasteiger partial charge >= 0.3 is 0 Å². The van der Waals surface area contributed by atoms with Gasteiger partial charge in [0.15, 0.2) is 0 Å². The molecule has 1 atom stereocenters. The second-order valence-electron chi connectivity index (χ2n) is 5.33. The second-order valence-corrected chi connectivity index (χ2v) is 7.74. The fraction of sp³-hybridized carbons (Fsp3) is 0.615. The second kappa shape index (κ2) is 6.48. The summed E-state index contributed by atoms with van der Waals surface area (Å²) >= 11 is 6.03. The number of rotatable bonds is 4. The van der Waals surface area contributed by atoms with E-state index in [1.807, 2.05) is 7.05 Å². The Morgan fingerprint density at radius 1 is 1.52 bits per heavy atom. The van der Waals surface area contributed by atoms with Gasteiger partial charge < -0.3 is 10.2 Å². The number of hydrogen-bond acceptors (Lipinski definition) is 5. The van der Waals surface area contributed by atoms with Crippen LogP contribution in [0.15, 0.2) is 17.2 Å². The molecule has 1 aliphatic rings. The van der Waals surface area contributed by atoms with Crippen LogP contribution in [0.3, 0.4) is 0 Å².